The summed E-state index contributed by atoms with van der Waals surface area (Å²) in [7, 11) is 0. The fourth-order valence-electron chi connectivity index (χ4n) is 2.13. The Bertz CT molecular complexity index is 586. The van der Waals surface area contributed by atoms with E-state index in [1.807, 2.05) is 26.0 Å². The third-order valence-electron chi connectivity index (χ3n) is 3.64. The Morgan fingerprint density at radius 1 is 1.19 bits per heavy atom. The first-order valence-electron chi connectivity index (χ1n) is 7.28. The lowest BCUT2D eigenvalue weighted by atomic mass is 10.1. The molecule has 0 amide bonds. The molecule has 2 N–H and O–H groups in total. The molecule has 1 unspecified atom stereocenters. The summed E-state index contributed by atoms with van der Waals surface area (Å²) in [6, 6.07) is 4.02. The molecule has 0 spiro atoms. The highest BCUT2D eigenvalue weighted by Gasteiger charge is 2.13. The Balaban J connectivity index is 2.35. The lowest BCUT2D eigenvalue weighted by molar-refractivity contribution is 0.278. The molecular weight excluding hydrogens is 264 g/mol. The number of anilines is 1. The molecule has 0 saturated carbocycles. The smallest absolute Gasteiger partial charge is 0.161 e. The van der Waals surface area contributed by atoms with Crippen molar-refractivity contribution in [1.82, 2.24) is 15.0 Å². The topological polar surface area (TPSA) is 70.9 Å². The Hall–Kier alpha value is -2.01. The van der Waals surface area contributed by atoms with Gasteiger partial charge in [-0.05, 0) is 38.8 Å². The summed E-state index contributed by atoms with van der Waals surface area (Å²) in [6.07, 6.45) is 5.13. The van der Waals surface area contributed by atoms with Crippen molar-refractivity contribution in [2.75, 3.05) is 11.9 Å². The molecule has 0 aromatic carbocycles. The Morgan fingerprint density at radius 3 is 2.52 bits per heavy atom. The highest BCUT2D eigenvalue weighted by Crippen LogP contribution is 2.22. The minimum atomic E-state index is 0.172. The predicted octanol–water partition coefficient (Wildman–Crippen LogP) is 2.73. The zero-order valence-electron chi connectivity index (χ0n) is 12.8. The van der Waals surface area contributed by atoms with Crippen LogP contribution in [-0.4, -0.2) is 32.7 Å². The SMILES string of the molecule is CCC(CCO)Nc1nc(-c2ccncc2)nc(C)c1C. The first-order valence-corrected chi connectivity index (χ1v) is 7.28. The van der Waals surface area contributed by atoms with Crippen LogP contribution in [0.2, 0.25) is 0 Å². The third kappa shape index (κ3) is 3.76. The molecule has 0 aliphatic heterocycles. The number of hydrogen-bond donors (Lipinski definition) is 2. The van der Waals surface area contributed by atoms with Crippen molar-refractivity contribution in [3.63, 3.8) is 0 Å². The maximum atomic E-state index is 9.12. The van der Waals surface area contributed by atoms with Crippen LogP contribution in [0.3, 0.4) is 0 Å². The van der Waals surface area contributed by atoms with Gasteiger partial charge in [-0.25, -0.2) is 9.97 Å². The molecule has 112 valence electrons. The zero-order valence-corrected chi connectivity index (χ0v) is 12.8. The molecule has 2 aromatic rings. The van der Waals surface area contributed by atoms with Crippen LogP contribution >= 0.6 is 0 Å². The number of aromatic nitrogens is 3. The molecule has 0 bridgehead atoms. The zero-order chi connectivity index (χ0) is 15.2. The normalized spacial score (nSPS) is 12.2. The number of aliphatic hydroxyl groups is 1. The quantitative estimate of drug-likeness (QED) is 0.854. The molecule has 5 heteroatoms. The van der Waals surface area contributed by atoms with Crippen LogP contribution in [-0.2, 0) is 0 Å². The number of nitrogens with one attached hydrogen (secondary N) is 1. The van der Waals surface area contributed by atoms with E-state index >= 15 is 0 Å². The molecule has 2 rings (SSSR count). The molecule has 0 aliphatic rings. The maximum absolute atomic E-state index is 9.12. The second-order valence-electron chi connectivity index (χ2n) is 5.10. The monoisotopic (exact) mass is 286 g/mol. The van der Waals surface area contributed by atoms with Gasteiger partial charge in [-0.15, -0.1) is 0 Å². The van der Waals surface area contributed by atoms with E-state index in [1.165, 1.54) is 0 Å². The summed E-state index contributed by atoms with van der Waals surface area (Å²) in [5.41, 5.74) is 2.95. The van der Waals surface area contributed by atoms with E-state index in [-0.39, 0.29) is 12.6 Å². The molecule has 5 nitrogen and oxygen atoms in total. The van der Waals surface area contributed by atoms with E-state index in [9.17, 15) is 0 Å². The number of aliphatic hydroxyl groups excluding tert-OH is 1. The molecule has 21 heavy (non-hydrogen) atoms. The van der Waals surface area contributed by atoms with E-state index in [0.29, 0.717) is 12.2 Å². The van der Waals surface area contributed by atoms with Crippen LogP contribution in [0.5, 0.6) is 0 Å². The Kier molecular flexibility index (Phi) is 5.22. The first-order chi connectivity index (χ1) is 10.2. The third-order valence-corrected chi connectivity index (χ3v) is 3.64. The standard InChI is InChI=1S/C16H22N4O/c1-4-14(7-10-21)19-15-11(2)12(3)18-16(20-15)13-5-8-17-9-6-13/h5-6,8-9,14,21H,4,7,10H2,1-3H3,(H,18,19,20). The van der Waals surface area contributed by atoms with Gasteiger partial charge in [0.15, 0.2) is 5.82 Å². The number of rotatable bonds is 6. The second kappa shape index (κ2) is 7.13. The van der Waals surface area contributed by atoms with Gasteiger partial charge < -0.3 is 10.4 Å². The summed E-state index contributed by atoms with van der Waals surface area (Å²) in [5, 5.41) is 12.5. The van der Waals surface area contributed by atoms with Crippen molar-refractivity contribution < 1.29 is 5.11 Å². The van der Waals surface area contributed by atoms with E-state index in [0.717, 1.165) is 29.1 Å². The summed E-state index contributed by atoms with van der Waals surface area (Å²) in [6.45, 7) is 6.27. The highest BCUT2D eigenvalue weighted by molar-refractivity contribution is 5.59. The largest absolute Gasteiger partial charge is 0.396 e. The fourth-order valence-corrected chi connectivity index (χ4v) is 2.13. The van der Waals surface area contributed by atoms with Gasteiger partial charge in [-0.3, -0.25) is 4.98 Å². The lowest BCUT2D eigenvalue weighted by Gasteiger charge is -2.19. The molecule has 0 aliphatic carbocycles. The van der Waals surface area contributed by atoms with E-state index in [4.69, 9.17) is 5.11 Å². The summed E-state index contributed by atoms with van der Waals surface area (Å²) < 4.78 is 0. The number of nitrogens with zero attached hydrogens (tertiary/aromatic N) is 3. The molecule has 0 saturated heterocycles. The number of aryl methyl sites for hydroxylation is 1. The average molecular weight is 286 g/mol. The van der Waals surface area contributed by atoms with Crippen molar-refractivity contribution >= 4 is 5.82 Å². The summed E-state index contributed by atoms with van der Waals surface area (Å²) >= 11 is 0. The average Bonchev–Trinajstić information content (AvgIpc) is 2.51. The van der Waals surface area contributed by atoms with Crippen LogP contribution in [0.25, 0.3) is 11.4 Å². The molecule has 1 atom stereocenters. The van der Waals surface area contributed by atoms with Crippen molar-refractivity contribution in [3.8, 4) is 11.4 Å². The first kappa shape index (κ1) is 15.4. The Morgan fingerprint density at radius 2 is 1.90 bits per heavy atom. The van der Waals surface area contributed by atoms with E-state index in [2.05, 4.69) is 27.2 Å². The van der Waals surface area contributed by atoms with Gasteiger partial charge in [-0.2, -0.15) is 0 Å². The van der Waals surface area contributed by atoms with Crippen LogP contribution in [0.1, 0.15) is 31.0 Å². The minimum absolute atomic E-state index is 0.172. The Labute approximate surface area is 125 Å². The van der Waals surface area contributed by atoms with Crippen molar-refractivity contribution in [2.45, 2.75) is 39.7 Å². The minimum Gasteiger partial charge on any atom is -0.396 e. The number of hydrogen-bond acceptors (Lipinski definition) is 5. The molecular formula is C16H22N4O. The van der Waals surface area contributed by atoms with Gasteiger partial charge in [-0.1, -0.05) is 6.92 Å². The van der Waals surface area contributed by atoms with Crippen LogP contribution in [0.4, 0.5) is 5.82 Å². The van der Waals surface area contributed by atoms with Gasteiger partial charge >= 0.3 is 0 Å². The van der Waals surface area contributed by atoms with Gasteiger partial charge in [0, 0.05) is 41.9 Å². The number of pyridine rings is 1. The van der Waals surface area contributed by atoms with Crippen LogP contribution < -0.4 is 5.32 Å². The van der Waals surface area contributed by atoms with Crippen molar-refractivity contribution in [2.24, 2.45) is 0 Å². The van der Waals surface area contributed by atoms with E-state index < -0.39 is 0 Å². The summed E-state index contributed by atoms with van der Waals surface area (Å²) in [5.74, 6) is 1.54. The predicted molar refractivity (Wildman–Crippen MR) is 84.1 cm³/mol. The molecule has 0 fully saturated rings. The highest BCUT2D eigenvalue weighted by atomic mass is 16.3. The van der Waals surface area contributed by atoms with Gasteiger partial charge in [0.05, 0.1) is 0 Å². The fraction of sp³-hybridized carbons (Fsp3) is 0.438. The maximum Gasteiger partial charge on any atom is 0.161 e. The van der Waals surface area contributed by atoms with Gasteiger partial charge in [0.1, 0.15) is 5.82 Å². The van der Waals surface area contributed by atoms with Gasteiger partial charge in [0.25, 0.3) is 0 Å². The van der Waals surface area contributed by atoms with Crippen LogP contribution in [0, 0.1) is 13.8 Å². The van der Waals surface area contributed by atoms with Gasteiger partial charge in [0.2, 0.25) is 0 Å². The molecule has 0 radical (unpaired) electrons. The van der Waals surface area contributed by atoms with Crippen LogP contribution in [0.15, 0.2) is 24.5 Å². The van der Waals surface area contributed by atoms with E-state index in [1.54, 1.807) is 12.4 Å². The second-order valence-corrected chi connectivity index (χ2v) is 5.10. The van der Waals surface area contributed by atoms with Crippen molar-refractivity contribution in [1.29, 1.82) is 0 Å². The molecule has 2 heterocycles. The lowest BCUT2D eigenvalue weighted by Crippen LogP contribution is -2.21. The molecule has 2 aromatic heterocycles. The summed E-state index contributed by atoms with van der Waals surface area (Å²) in [4.78, 5) is 13.2. The van der Waals surface area contributed by atoms with Crippen molar-refractivity contribution in [3.05, 3.63) is 35.8 Å².